The lowest BCUT2D eigenvalue weighted by Gasteiger charge is -2.51. The van der Waals surface area contributed by atoms with E-state index in [1.165, 1.54) is 116 Å². The molecule has 35 heavy (non-hydrogen) atoms. The minimum absolute atomic E-state index is 0.903. The maximum Gasteiger partial charge on any atom is -0.00151 e. The van der Waals surface area contributed by atoms with Crippen molar-refractivity contribution in [1.29, 1.82) is 0 Å². The number of fused-ring (bicyclic) bond motifs is 2. The summed E-state index contributed by atoms with van der Waals surface area (Å²) in [6.07, 6.45) is 27.9. The lowest BCUT2D eigenvalue weighted by molar-refractivity contribution is -0.0166. The van der Waals surface area contributed by atoms with Crippen LogP contribution < -0.4 is 5.32 Å². The summed E-state index contributed by atoms with van der Waals surface area (Å²) in [6, 6.07) is 0. The van der Waals surface area contributed by atoms with Gasteiger partial charge in [-0.15, -0.1) is 0 Å². The molecule has 1 saturated heterocycles. The van der Waals surface area contributed by atoms with Crippen molar-refractivity contribution in [2.75, 3.05) is 13.1 Å². The average molecular weight is 486 g/mol. The van der Waals surface area contributed by atoms with E-state index in [9.17, 15) is 0 Å². The molecule has 2 saturated carbocycles. The second-order valence-corrected chi connectivity index (χ2v) is 13.3. The second-order valence-electron chi connectivity index (χ2n) is 13.3. The van der Waals surface area contributed by atoms with Crippen molar-refractivity contribution in [2.45, 2.75) is 137 Å². The highest BCUT2D eigenvalue weighted by Gasteiger charge is 2.46. The Hall–Kier alpha value is -0.300. The van der Waals surface area contributed by atoms with Gasteiger partial charge in [-0.1, -0.05) is 85.3 Å². The van der Waals surface area contributed by atoms with E-state index in [1.54, 1.807) is 0 Å². The summed E-state index contributed by atoms with van der Waals surface area (Å²) in [6.45, 7) is 15.0. The number of hydrogen-bond acceptors (Lipinski definition) is 1. The minimum atomic E-state index is 0.903. The lowest BCUT2D eigenvalue weighted by Crippen LogP contribution is -2.45. The molecule has 2 aliphatic carbocycles. The topological polar surface area (TPSA) is 12.0 Å². The van der Waals surface area contributed by atoms with E-state index in [2.05, 4.69) is 52.1 Å². The molecule has 9 atom stereocenters. The molecular weight excluding hydrogens is 422 g/mol. The number of hydrogen-bond donors (Lipinski definition) is 1. The van der Waals surface area contributed by atoms with Crippen LogP contribution in [0.15, 0.2) is 12.2 Å². The molecule has 0 aromatic rings. The molecule has 0 aromatic carbocycles. The highest BCUT2D eigenvalue weighted by Crippen LogP contribution is 2.54. The van der Waals surface area contributed by atoms with Crippen LogP contribution in [0.1, 0.15) is 137 Å². The summed E-state index contributed by atoms with van der Waals surface area (Å²) in [5.41, 5.74) is 0. The third-order valence-electron chi connectivity index (χ3n) is 10.9. The van der Waals surface area contributed by atoms with Gasteiger partial charge in [0.1, 0.15) is 0 Å². The maximum atomic E-state index is 3.96. The van der Waals surface area contributed by atoms with Crippen LogP contribution in [0.25, 0.3) is 0 Å². The summed E-state index contributed by atoms with van der Waals surface area (Å²) in [5.74, 6) is 8.62. The van der Waals surface area contributed by atoms with Crippen LogP contribution in [0.2, 0.25) is 0 Å². The molecule has 0 bridgehead atoms. The fraction of sp³-hybridized carbons (Fsp3) is 0.941. The largest absolute Gasteiger partial charge is 0.316 e. The van der Waals surface area contributed by atoms with Gasteiger partial charge < -0.3 is 5.32 Å². The molecule has 1 heterocycles. The minimum Gasteiger partial charge on any atom is -0.316 e. The Morgan fingerprint density at radius 2 is 1.54 bits per heavy atom. The zero-order valence-corrected chi connectivity index (χ0v) is 24.6. The van der Waals surface area contributed by atoms with Crippen molar-refractivity contribution in [1.82, 2.24) is 5.32 Å². The molecule has 0 amide bonds. The van der Waals surface area contributed by atoms with Crippen molar-refractivity contribution in [3.05, 3.63) is 12.2 Å². The Labute approximate surface area is 221 Å². The Kier molecular flexibility index (Phi) is 13.2. The van der Waals surface area contributed by atoms with Gasteiger partial charge in [0.25, 0.3) is 0 Å². The van der Waals surface area contributed by atoms with Crippen molar-refractivity contribution in [3.63, 3.8) is 0 Å². The highest BCUT2D eigenvalue weighted by molar-refractivity contribution is 4.97. The Morgan fingerprint density at radius 1 is 0.800 bits per heavy atom. The molecular formula is C34H63N. The van der Waals surface area contributed by atoms with E-state index < -0.39 is 0 Å². The molecule has 1 heteroatoms. The van der Waals surface area contributed by atoms with E-state index in [-0.39, 0.29) is 0 Å². The summed E-state index contributed by atoms with van der Waals surface area (Å²) in [7, 11) is 0. The smallest absolute Gasteiger partial charge is 0.00151 e. The fourth-order valence-corrected chi connectivity index (χ4v) is 8.86. The van der Waals surface area contributed by atoms with Crippen LogP contribution in [-0.2, 0) is 0 Å². The van der Waals surface area contributed by atoms with Gasteiger partial charge in [0.15, 0.2) is 0 Å². The van der Waals surface area contributed by atoms with Crippen molar-refractivity contribution >= 4 is 0 Å². The Bertz CT molecular complexity index is 581. The molecule has 3 aliphatic rings. The van der Waals surface area contributed by atoms with Gasteiger partial charge in [0.2, 0.25) is 0 Å². The Balaban J connectivity index is 1.89. The molecule has 204 valence electrons. The summed E-state index contributed by atoms with van der Waals surface area (Å²) < 4.78 is 0. The van der Waals surface area contributed by atoms with E-state index in [0.29, 0.717) is 0 Å². The molecule has 0 radical (unpaired) electrons. The number of unbranched alkanes of at least 4 members (excludes halogenated alkanes) is 3. The summed E-state index contributed by atoms with van der Waals surface area (Å²) in [4.78, 5) is 0. The third kappa shape index (κ3) is 8.35. The maximum absolute atomic E-state index is 3.96. The van der Waals surface area contributed by atoms with E-state index >= 15 is 0 Å². The van der Waals surface area contributed by atoms with Gasteiger partial charge in [-0.3, -0.25) is 0 Å². The zero-order valence-electron chi connectivity index (χ0n) is 24.6. The molecule has 1 nitrogen and oxygen atoms in total. The average Bonchev–Trinajstić information content (AvgIpc) is 3.07. The second kappa shape index (κ2) is 15.8. The number of nitrogens with one attached hydrogen (secondary N) is 1. The van der Waals surface area contributed by atoms with Crippen LogP contribution in [0, 0.1) is 53.3 Å². The number of allylic oxidation sites excluding steroid dienone is 2. The van der Waals surface area contributed by atoms with Crippen LogP contribution in [0.4, 0.5) is 0 Å². The number of rotatable bonds is 12. The molecule has 3 fully saturated rings. The monoisotopic (exact) mass is 485 g/mol. The molecule has 0 spiro atoms. The first-order chi connectivity index (χ1) is 17.1. The van der Waals surface area contributed by atoms with Gasteiger partial charge in [-0.05, 0) is 131 Å². The van der Waals surface area contributed by atoms with Crippen molar-refractivity contribution in [3.8, 4) is 0 Å². The van der Waals surface area contributed by atoms with Crippen LogP contribution >= 0.6 is 0 Å². The predicted molar refractivity (Wildman–Crippen MR) is 156 cm³/mol. The SMILES string of the molecule is CCCC/C=C\CC[C@H]1C2CNCCCC2CC([C@@H](C)CCC)C(C)CC2CCC2C1CCCC. The van der Waals surface area contributed by atoms with E-state index in [1.807, 2.05) is 0 Å². The van der Waals surface area contributed by atoms with Crippen molar-refractivity contribution < 1.29 is 0 Å². The molecule has 0 aromatic heterocycles. The first-order valence-electron chi connectivity index (χ1n) is 16.5. The molecule has 1 N–H and O–H groups in total. The highest BCUT2D eigenvalue weighted by atomic mass is 14.9. The van der Waals surface area contributed by atoms with Gasteiger partial charge in [0, 0.05) is 0 Å². The zero-order chi connectivity index (χ0) is 25.0. The van der Waals surface area contributed by atoms with E-state index in [4.69, 9.17) is 0 Å². The third-order valence-corrected chi connectivity index (χ3v) is 10.9. The van der Waals surface area contributed by atoms with Crippen LogP contribution in [0.5, 0.6) is 0 Å². The van der Waals surface area contributed by atoms with Gasteiger partial charge in [0.05, 0.1) is 0 Å². The molecule has 3 rings (SSSR count). The first-order valence-corrected chi connectivity index (χ1v) is 16.5. The normalized spacial score (nSPS) is 37.2. The van der Waals surface area contributed by atoms with Crippen LogP contribution in [-0.4, -0.2) is 13.1 Å². The van der Waals surface area contributed by atoms with Crippen molar-refractivity contribution in [2.24, 2.45) is 53.3 Å². The fourth-order valence-electron chi connectivity index (χ4n) is 8.86. The summed E-state index contributed by atoms with van der Waals surface area (Å²) >= 11 is 0. The predicted octanol–water partition coefficient (Wildman–Crippen LogP) is 10.1. The molecule has 7 unspecified atom stereocenters. The van der Waals surface area contributed by atoms with Gasteiger partial charge in [-0.25, -0.2) is 0 Å². The lowest BCUT2D eigenvalue weighted by atomic mass is 9.54. The molecule has 1 aliphatic heterocycles. The van der Waals surface area contributed by atoms with Gasteiger partial charge >= 0.3 is 0 Å². The first kappa shape index (κ1) is 29.3. The van der Waals surface area contributed by atoms with Crippen LogP contribution in [0.3, 0.4) is 0 Å². The quantitative estimate of drug-likeness (QED) is 0.214. The summed E-state index contributed by atoms with van der Waals surface area (Å²) in [5, 5.41) is 3.96. The van der Waals surface area contributed by atoms with Gasteiger partial charge in [-0.2, -0.15) is 0 Å². The standard InChI is InChI=1S/C34H63N/c1-6-9-11-12-13-14-19-32-31(18-10-7-2)30-21-20-29(30)23-27(5)33(26(4)16-8-3)24-28-17-15-22-35-25-34(28)32/h12-13,26-35H,6-11,14-25H2,1-5H3/b13-12-/t26-,27?,28?,29?,30?,31?,32+,33?,34?/m0/s1. The Morgan fingerprint density at radius 3 is 2.26 bits per heavy atom. The van der Waals surface area contributed by atoms with E-state index in [0.717, 1.165) is 53.3 Å².